The summed E-state index contributed by atoms with van der Waals surface area (Å²) in [6.07, 6.45) is 25.5. The maximum absolute atomic E-state index is 3.69. The molecule has 0 amide bonds. The van der Waals surface area contributed by atoms with Crippen molar-refractivity contribution in [2.45, 2.75) is 108 Å². The highest BCUT2D eigenvalue weighted by molar-refractivity contribution is 5.28. The van der Waals surface area contributed by atoms with E-state index in [-0.39, 0.29) is 5.41 Å². The van der Waals surface area contributed by atoms with Crippen LogP contribution in [0.1, 0.15) is 102 Å². The SMILES string of the molecule is CC.CC.CC.CC/C=C/C=C\C=C/C(C)=C\C(C)(C)CCNC(C)C1=CC(C)CC=C1. The largest absolute Gasteiger partial charge is 0.310 e. The average molecular weight is 444 g/mol. The van der Waals surface area contributed by atoms with E-state index in [9.17, 15) is 0 Å². The number of rotatable bonds is 10. The van der Waals surface area contributed by atoms with Gasteiger partial charge in [-0.15, -0.1) is 0 Å². The lowest BCUT2D eigenvalue weighted by molar-refractivity contribution is 0.410. The molecule has 0 aromatic heterocycles. The topological polar surface area (TPSA) is 12.0 Å². The van der Waals surface area contributed by atoms with Gasteiger partial charge in [-0.25, -0.2) is 0 Å². The van der Waals surface area contributed by atoms with E-state index in [1.807, 2.05) is 41.5 Å². The highest BCUT2D eigenvalue weighted by atomic mass is 14.9. The predicted molar refractivity (Wildman–Crippen MR) is 152 cm³/mol. The van der Waals surface area contributed by atoms with Crippen molar-refractivity contribution in [3.05, 3.63) is 71.9 Å². The first kappa shape index (κ1) is 35.0. The van der Waals surface area contributed by atoms with Gasteiger partial charge in [0.25, 0.3) is 0 Å². The maximum Gasteiger partial charge on any atom is 0.0288 e. The lowest BCUT2D eigenvalue weighted by atomic mass is 9.87. The van der Waals surface area contributed by atoms with Gasteiger partial charge in [0.05, 0.1) is 0 Å². The van der Waals surface area contributed by atoms with Crippen molar-refractivity contribution in [1.82, 2.24) is 5.32 Å². The van der Waals surface area contributed by atoms with Gasteiger partial charge in [-0.3, -0.25) is 0 Å². The molecule has 1 aliphatic rings. The van der Waals surface area contributed by atoms with Gasteiger partial charge in [0.1, 0.15) is 0 Å². The van der Waals surface area contributed by atoms with Crippen molar-refractivity contribution in [3.63, 3.8) is 0 Å². The molecule has 186 valence electrons. The molecule has 2 unspecified atom stereocenters. The molecule has 1 N–H and O–H groups in total. The lowest BCUT2D eigenvalue weighted by Crippen LogP contribution is -2.31. The van der Waals surface area contributed by atoms with Crippen molar-refractivity contribution in [1.29, 1.82) is 0 Å². The van der Waals surface area contributed by atoms with Gasteiger partial charge in [-0.2, -0.15) is 0 Å². The van der Waals surface area contributed by atoms with Gasteiger partial charge < -0.3 is 5.32 Å². The van der Waals surface area contributed by atoms with Crippen LogP contribution in [-0.4, -0.2) is 12.6 Å². The minimum absolute atomic E-state index is 0.192. The predicted octanol–water partition coefficient (Wildman–Crippen LogP) is 10.0. The third-order valence-electron chi connectivity index (χ3n) is 4.70. The first-order chi connectivity index (χ1) is 15.3. The molecule has 0 saturated carbocycles. The number of hydrogen-bond acceptors (Lipinski definition) is 1. The fraction of sp³-hybridized carbons (Fsp3) is 0.613. The van der Waals surface area contributed by atoms with E-state index in [0.717, 1.165) is 19.4 Å². The molecule has 0 bridgehead atoms. The van der Waals surface area contributed by atoms with Crippen molar-refractivity contribution in [2.75, 3.05) is 6.54 Å². The molecule has 2 atom stereocenters. The maximum atomic E-state index is 3.69. The fourth-order valence-electron chi connectivity index (χ4n) is 3.18. The van der Waals surface area contributed by atoms with Gasteiger partial charge in [0.15, 0.2) is 0 Å². The Hall–Kier alpha value is -1.60. The van der Waals surface area contributed by atoms with E-state index in [1.165, 1.54) is 17.6 Å². The Balaban J connectivity index is -0.00000129. The molecule has 0 heterocycles. The lowest BCUT2D eigenvalue weighted by Gasteiger charge is -2.24. The highest BCUT2D eigenvalue weighted by Gasteiger charge is 2.16. The Labute approximate surface area is 203 Å². The van der Waals surface area contributed by atoms with Crippen molar-refractivity contribution >= 4 is 0 Å². The molecule has 32 heavy (non-hydrogen) atoms. The van der Waals surface area contributed by atoms with Crippen LogP contribution in [0.2, 0.25) is 0 Å². The van der Waals surface area contributed by atoms with E-state index in [2.05, 4.69) is 108 Å². The Morgan fingerprint density at radius 1 is 1.06 bits per heavy atom. The summed E-state index contributed by atoms with van der Waals surface area (Å²) in [7, 11) is 0. The minimum Gasteiger partial charge on any atom is -0.310 e. The third-order valence-corrected chi connectivity index (χ3v) is 4.70. The first-order valence-electron chi connectivity index (χ1n) is 13.1. The van der Waals surface area contributed by atoms with Gasteiger partial charge in [0, 0.05) is 6.04 Å². The van der Waals surface area contributed by atoms with Gasteiger partial charge in [0.2, 0.25) is 0 Å². The van der Waals surface area contributed by atoms with Crippen LogP contribution in [0.5, 0.6) is 0 Å². The molecular formula is C31H57N. The van der Waals surface area contributed by atoms with Crippen LogP contribution >= 0.6 is 0 Å². The summed E-state index contributed by atoms with van der Waals surface area (Å²) in [6, 6.07) is 0.427. The second-order valence-corrected chi connectivity index (χ2v) is 8.17. The number of allylic oxidation sites excluding steroid dienone is 10. The molecule has 1 heteroatoms. The summed E-state index contributed by atoms with van der Waals surface area (Å²) >= 11 is 0. The molecule has 0 spiro atoms. The average Bonchev–Trinajstić information content (AvgIpc) is 2.79. The van der Waals surface area contributed by atoms with Crippen LogP contribution in [-0.2, 0) is 0 Å². The zero-order valence-corrected chi connectivity index (χ0v) is 23.8. The molecule has 0 saturated heterocycles. The molecule has 1 aliphatic carbocycles. The van der Waals surface area contributed by atoms with E-state index < -0.39 is 0 Å². The van der Waals surface area contributed by atoms with E-state index in [4.69, 9.17) is 0 Å². The van der Waals surface area contributed by atoms with Crippen molar-refractivity contribution in [2.24, 2.45) is 11.3 Å². The molecule has 0 fully saturated rings. The monoisotopic (exact) mass is 443 g/mol. The zero-order valence-electron chi connectivity index (χ0n) is 23.8. The summed E-state index contributed by atoms with van der Waals surface area (Å²) < 4.78 is 0. The smallest absolute Gasteiger partial charge is 0.0288 e. The summed E-state index contributed by atoms with van der Waals surface area (Å²) in [6.45, 7) is 26.6. The Morgan fingerprint density at radius 2 is 1.66 bits per heavy atom. The third kappa shape index (κ3) is 20.3. The quantitative estimate of drug-likeness (QED) is 0.331. The Bertz CT molecular complexity index is 582. The van der Waals surface area contributed by atoms with Gasteiger partial charge in [-0.1, -0.05) is 136 Å². The highest BCUT2D eigenvalue weighted by Crippen LogP contribution is 2.24. The second kappa shape index (κ2) is 24.1. The fourth-order valence-corrected chi connectivity index (χ4v) is 3.18. The standard InChI is InChI=1S/C25H39N.3C2H6/c1-7-8-9-10-11-12-14-22(3)20-25(5,6)17-18-26-23(4)24-16-13-15-21(2)19-24;3*1-2/h8-14,16,19-21,23,26H,7,15,17-18H2,1-6H3;3*1-2H3/b9-8+,11-10-,14-12-,22-20-;;;. The summed E-state index contributed by atoms with van der Waals surface area (Å²) in [4.78, 5) is 0. The Kier molecular flexibility index (Phi) is 26.3. The minimum atomic E-state index is 0.192. The van der Waals surface area contributed by atoms with Crippen LogP contribution in [0.3, 0.4) is 0 Å². The normalized spacial score (nSPS) is 17.2. The zero-order chi connectivity index (χ0) is 25.4. The van der Waals surface area contributed by atoms with Crippen molar-refractivity contribution in [3.8, 4) is 0 Å². The van der Waals surface area contributed by atoms with Crippen molar-refractivity contribution < 1.29 is 0 Å². The van der Waals surface area contributed by atoms with Crippen LogP contribution in [0.4, 0.5) is 0 Å². The molecule has 0 aromatic carbocycles. The van der Waals surface area contributed by atoms with E-state index in [1.54, 1.807) is 0 Å². The summed E-state index contributed by atoms with van der Waals surface area (Å²) in [5.41, 5.74) is 2.94. The first-order valence-corrected chi connectivity index (χ1v) is 13.1. The van der Waals surface area contributed by atoms with Gasteiger partial charge >= 0.3 is 0 Å². The Morgan fingerprint density at radius 3 is 2.22 bits per heavy atom. The molecule has 0 radical (unpaired) electrons. The summed E-state index contributed by atoms with van der Waals surface area (Å²) in [5.74, 6) is 0.666. The van der Waals surface area contributed by atoms with Crippen LogP contribution in [0, 0.1) is 11.3 Å². The molecule has 1 rings (SSSR count). The van der Waals surface area contributed by atoms with Crippen LogP contribution in [0.15, 0.2) is 71.9 Å². The number of nitrogens with one attached hydrogen (secondary N) is 1. The van der Waals surface area contributed by atoms with Crippen LogP contribution < -0.4 is 5.32 Å². The van der Waals surface area contributed by atoms with Crippen LogP contribution in [0.25, 0.3) is 0 Å². The second-order valence-electron chi connectivity index (χ2n) is 8.17. The molecular weight excluding hydrogens is 386 g/mol. The number of hydrogen-bond donors (Lipinski definition) is 1. The summed E-state index contributed by atoms with van der Waals surface area (Å²) in [5, 5.41) is 3.69. The van der Waals surface area contributed by atoms with E-state index >= 15 is 0 Å². The van der Waals surface area contributed by atoms with Gasteiger partial charge in [-0.05, 0) is 56.6 Å². The molecule has 1 nitrogen and oxygen atoms in total. The molecule has 0 aliphatic heterocycles. The van der Waals surface area contributed by atoms with E-state index in [0.29, 0.717) is 12.0 Å². The molecule has 0 aromatic rings.